The van der Waals surface area contributed by atoms with E-state index < -0.39 is 0 Å². The van der Waals surface area contributed by atoms with E-state index in [0.29, 0.717) is 6.04 Å². The first-order valence-electron chi connectivity index (χ1n) is 7.41. The van der Waals surface area contributed by atoms with Crippen LogP contribution >= 0.6 is 0 Å². The summed E-state index contributed by atoms with van der Waals surface area (Å²) in [5.41, 5.74) is 3.94. The van der Waals surface area contributed by atoms with Gasteiger partial charge in [-0.25, -0.2) is 0 Å². The van der Waals surface area contributed by atoms with E-state index in [1.54, 1.807) is 7.11 Å². The third-order valence-electron chi connectivity index (χ3n) is 4.01. The Balaban J connectivity index is 1.59. The number of fused-ring (bicyclic) bond motifs is 1. The lowest BCUT2D eigenvalue weighted by Crippen LogP contribution is -2.32. The SMILES string of the molecule is COc1ccccc1CN(C)CC1Cc2ccccc2N1. The molecule has 1 aliphatic rings. The van der Waals surface area contributed by atoms with E-state index in [-0.39, 0.29) is 0 Å². The van der Waals surface area contributed by atoms with Crippen LogP contribution in [0.15, 0.2) is 48.5 Å². The Bertz CT molecular complexity index is 587. The molecule has 21 heavy (non-hydrogen) atoms. The Morgan fingerprint density at radius 2 is 1.90 bits per heavy atom. The number of hydrogen-bond acceptors (Lipinski definition) is 3. The molecule has 1 N–H and O–H groups in total. The minimum absolute atomic E-state index is 0.488. The summed E-state index contributed by atoms with van der Waals surface area (Å²) in [5.74, 6) is 0.965. The highest BCUT2D eigenvalue weighted by Gasteiger charge is 2.21. The van der Waals surface area contributed by atoms with Gasteiger partial charge in [-0.05, 0) is 31.2 Å². The number of benzene rings is 2. The molecule has 0 saturated heterocycles. The predicted octanol–water partition coefficient (Wildman–Crippen LogP) is 3.16. The number of anilines is 1. The van der Waals surface area contributed by atoms with E-state index in [2.05, 4.69) is 53.7 Å². The van der Waals surface area contributed by atoms with Gasteiger partial charge in [0.25, 0.3) is 0 Å². The van der Waals surface area contributed by atoms with Crippen LogP contribution in [0.4, 0.5) is 5.69 Å². The van der Waals surface area contributed by atoms with Crippen molar-refractivity contribution in [3.05, 3.63) is 59.7 Å². The van der Waals surface area contributed by atoms with Crippen LogP contribution in [0.2, 0.25) is 0 Å². The Kier molecular flexibility index (Phi) is 4.11. The molecular formula is C18H22N2O. The molecule has 3 rings (SSSR count). The van der Waals surface area contributed by atoms with E-state index in [0.717, 1.165) is 25.3 Å². The zero-order chi connectivity index (χ0) is 14.7. The summed E-state index contributed by atoms with van der Waals surface area (Å²) in [6.45, 7) is 1.92. The molecule has 1 heterocycles. The van der Waals surface area contributed by atoms with Crippen molar-refractivity contribution < 1.29 is 4.74 Å². The van der Waals surface area contributed by atoms with E-state index in [1.807, 2.05) is 12.1 Å². The van der Waals surface area contributed by atoms with Crippen molar-refractivity contribution >= 4 is 5.69 Å². The Hall–Kier alpha value is -2.00. The Labute approximate surface area is 126 Å². The van der Waals surface area contributed by atoms with E-state index in [4.69, 9.17) is 4.74 Å². The van der Waals surface area contributed by atoms with Crippen LogP contribution in [0.25, 0.3) is 0 Å². The second-order valence-corrected chi connectivity index (χ2v) is 5.71. The van der Waals surface area contributed by atoms with Crippen LogP contribution in [0.5, 0.6) is 5.75 Å². The quantitative estimate of drug-likeness (QED) is 0.911. The second-order valence-electron chi connectivity index (χ2n) is 5.71. The van der Waals surface area contributed by atoms with Crippen molar-refractivity contribution in [1.82, 2.24) is 4.90 Å². The van der Waals surface area contributed by atoms with E-state index in [9.17, 15) is 0 Å². The van der Waals surface area contributed by atoms with Crippen LogP contribution in [-0.4, -0.2) is 31.6 Å². The summed E-state index contributed by atoms with van der Waals surface area (Å²) < 4.78 is 5.42. The largest absolute Gasteiger partial charge is 0.496 e. The molecule has 0 aliphatic carbocycles. The lowest BCUT2D eigenvalue weighted by Gasteiger charge is -2.22. The monoisotopic (exact) mass is 282 g/mol. The van der Waals surface area contributed by atoms with Crippen molar-refractivity contribution in [2.75, 3.05) is 26.0 Å². The molecule has 3 nitrogen and oxygen atoms in total. The standard InChI is InChI=1S/C18H22N2O/c1-20(12-15-8-4-6-10-18(15)21-2)13-16-11-14-7-3-5-9-17(14)19-16/h3-10,16,19H,11-13H2,1-2H3. The number of nitrogens with zero attached hydrogens (tertiary/aromatic N) is 1. The highest BCUT2D eigenvalue weighted by atomic mass is 16.5. The van der Waals surface area contributed by atoms with Gasteiger partial charge in [-0.3, -0.25) is 4.90 Å². The first-order chi connectivity index (χ1) is 10.3. The van der Waals surface area contributed by atoms with Gasteiger partial charge in [0.1, 0.15) is 5.75 Å². The van der Waals surface area contributed by atoms with Crippen LogP contribution in [0.3, 0.4) is 0 Å². The van der Waals surface area contributed by atoms with Gasteiger partial charge in [0.05, 0.1) is 7.11 Å². The molecule has 2 aromatic rings. The number of hydrogen-bond donors (Lipinski definition) is 1. The number of methoxy groups -OCH3 is 1. The Morgan fingerprint density at radius 3 is 2.71 bits per heavy atom. The first kappa shape index (κ1) is 14.0. The second kappa shape index (κ2) is 6.19. The fourth-order valence-electron chi connectivity index (χ4n) is 3.05. The summed E-state index contributed by atoms with van der Waals surface area (Å²) in [6, 6.07) is 17.3. The van der Waals surface area contributed by atoms with E-state index >= 15 is 0 Å². The van der Waals surface area contributed by atoms with Gasteiger partial charge in [-0.1, -0.05) is 36.4 Å². The molecule has 0 amide bonds. The number of rotatable bonds is 5. The van der Waals surface area contributed by atoms with Crippen LogP contribution in [0, 0.1) is 0 Å². The molecule has 0 fully saturated rings. The van der Waals surface area contributed by atoms with Crippen LogP contribution in [0.1, 0.15) is 11.1 Å². The maximum Gasteiger partial charge on any atom is 0.123 e. The zero-order valence-corrected chi connectivity index (χ0v) is 12.7. The summed E-state index contributed by atoms with van der Waals surface area (Å²) in [7, 11) is 3.89. The number of para-hydroxylation sites is 2. The van der Waals surface area contributed by atoms with Crippen molar-refractivity contribution in [2.24, 2.45) is 0 Å². The van der Waals surface area contributed by atoms with Gasteiger partial charge >= 0.3 is 0 Å². The first-order valence-corrected chi connectivity index (χ1v) is 7.41. The predicted molar refractivity (Wildman–Crippen MR) is 86.9 cm³/mol. The molecular weight excluding hydrogens is 260 g/mol. The average Bonchev–Trinajstić information content (AvgIpc) is 2.89. The zero-order valence-electron chi connectivity index (χ0n) is 12.7. The lowest BCUT2D eigenvalue weighted by atomic mass is 10.1. The van der Waals surface area contributed by atoms with Gasteiger partial charge < -0.3 is 10.1 Å². The van der Waals surface area contributed by atoms with Crippen molar-refractivity contribution in [3.8, 4) is 5.75 Å². The molecule has 1 aliphatic heterocycles. The van der Waals surface area contributed by atoms with Crippen molar-refractivity contribution in [2.45, 2.75) is 19.0 Å². The van der Waals surface area contributed by atoms with Crippen LogP contribution < -0.4 is 10.1 Å². The van der Waals surface area contributed by atoms with E-state index in [1.165, 1.54) is 16.8 Å². The maximum atomic E-state index is 5.42. The third kappa shape index (κ3) is 3.19. The smallest absolute Gasteiger partial charge is 0.123 e. The number of likely N-dealkylation sites (N-methyl/N-ethyl adjacent to an activating group) is 1. The highest BCUT2D eigenvalue weighted by molar-refractivity contribution is 5.56. The molecule has 110 valence electrons. The van der Waals surface area contributed by atoms with Gasteiger partial charge in [-0.15, -0.1) is 0 Å². The maximum absolute atomic E-state index is 5.42. The normalized spacial score (nSPS) is 16.6. The molecule has 0 saturated carbocycles. The molecule has 0 spiro atoms. The van der Waals surface area contributed by atoms with Crippen molar-refractivity contribution in [1.29, 1.82) is 0 Å². The highest BCUT2D eigenvalue weighted by Crippen LogP contribution is 2.26. The molecule has 0 radical (unpaired) electrons. The number of nitrogens with one attached hydrogen (secondary N) is 1. The molecule has 1 atom stereocenters. The summed E-state index contributed by atoms with van der Waals surface area (Å²) in [4.78, 5) is 2.35. The van der Waals surface area contributed by atoms with Crippen LogP contribution in [-0.2, 0) is 13.0 Å². The van der Waals surface area contributed by atoms with Gasteiger partial charge in [0, 0.05) is 30.4 Å². The minimum atomic E-state index is 0.488. The molecule has 0 bridgehead atoms. The Morgan fingerprint density at radius 1 is 1.14 bits per heavy atom. The van der Waals surface area contributed by atoms with Gasteiger partial charge in [0.15, 0.2) is 0 Å². The fourth-order valence-corrected chi connectivity index (χ4v) is 3.05. The lowest BCUT2D eigenvalue weighted by molar-refractivity contribution is 0.305. The molecule has 2 aromatic carbocycles. The average molecular weight is 282 g/mol. The molecule has 1 unspecified atom stereocenters. The van der Waals surface area contributed by atoms with Gasteiger partial charge in [0.2, 0.25) is 0 Å². The molecule has 0 aromatic heterocycles. The summed E-state index contributed by atoms with van der Waals surface area (Å²) in [5, 5.41) is 3.61. The molecule has 3 heteroatoms. The number of ether oxygens (including phenoxy) is 1. The summed E-state index contributed by atoms with van der Waals surface area (Å²) >= 11 is 0. The van der Waals surface area contributed by atoms with Crippen molar-refractivity contribution in [3.63, 3.8) is 0 Å². The topological polar surface area (TPSA) is 24.5 Å². The fraction of sp³-hybridized carbons (Fsp3) is 0.333. The van der Waals surface area contributed by atoms with Gasteiger partial charge in [-0.2, -0.15) is 0 Å². The summed E-state index contributed by atoms with van der Waals surface area (Å²) in [6.07, 6.45) is 1.10. The minimum Gasteiger partial charge on any atom is -0.496 e. The third-order valence-corrected chi connectivity index (χ3v) is 4.01.